The second-order valence-electron chi connectivity index (χ2n) is 10.2. The lowest BCUT2D eigenvalue weighted by molar-refractivity contribution is -0.118. The average Bonchev–Trinajstić information content (AvgIpc) is 3.00. The van der Waals surface area contributed by atoms with Crippen LogP contribution in [0.4, 0.5) is 10.1 Å². The number of nitrogens with zero attached hydrogens (tertiary/aromatic N) is 5. The third-order valence-corrected chi connectivity index (χ3v) is 7.09. The third-order valence-electron chi connectivity index (χ3n) is 6.84. The van der Waals surface area contributed by atoms with E-state index in [1.54, 1.807) is 29.3 Å². The summed E-state index contributed by atoms with van der Waals surface area (Å²) in [6.45, 7) is 13.7. The molecule has 9 heteroatoms. The summed E-state index contributed by atoms with van der Waals surface area (Å²) in [4.78, 5) is 35.7. The second-order valence-corrected chi connectivity index (χ2v) is 10.6. The van der Waals surface area contributed by atoms with Gasteiger partial charge in [-0.3, -0.25) is 14.6 Å². The van der Waals surface area contributed by atoms with Gasteiger partial charge in [0.2, 0.25) is 6.41 Å². The molecular formula is C33H39ClFN5O2. The minimum Gasteiger partial charge on any atom is -0.368 e. The molecule has 3 aromatic rings. The summed E-state index contributed by atoms with van der Waals surface area (Å²) in [5.74, 6) is 0.488. The molecule has 1 fully saturated rings. The average molecular weight is 592 g/mol. The van der Waals surface area contributed by atoms with E-state index in [4.69, 9.17) is 11.6 Å². The maximum Gasteiger partial charge on any atom is 0.276 e. The summed E-state index contributed by atoms with van der Waals surface area (Å²) < 4.78 is 15.0. The van der Waals surface area contributed by atoms with Crippen LogP contribution in [0.15, 0.2) is 88.9 Å². The smallest absolute Gasteiger partial charge is 0.276 e. The lowest BCUT2D eigenvalue weighted by atomic mass is 10.1. The molecule has 0 N–H and O–H groups in total. The Bertz CT molecular complexity index is 1440. The van der Waals surface area contributed by atoms with Gasteiger partial charge in [0.25, 0.3) is 5.56 Å². The molecule has 1 aromatic heterocycles. The number of aryl methyl sites for hydroxylation is 3. The predicted octanol–water partition coefficient (Wildman–Crippen LogP) is 5.90. The van der Waals surface area contributed by atoms with Gasteiger partial charge in [-0.2, -0.15) is 4.98 Å². The highest BCUT2D eigenvalue weighted by Gasteiger charge is 2.15. The Labute approximate surface area is 252 Å². The van der Waals surface area contributed by atoms with Gasteiger partial charge in [0.15, 0.2) is 0 Å². The summed E-state index contributed by atoms with van der Waals surface area (Å²) in [6, 6.07) is 14.2. The van der Waals surface area contributed by atoms with Gasteiger partial charge in [0, 0.05) is 79.9 Å². The molecule has 4 rings (SSSR count). The van der Waals surface area contributed by atoms with Crippen molar-refractivity contribution in [2.24, 2.45) is 4.99 Å². The van der Waals surface area contributed by atoms with Crippen LogP contribution in [0.2, 0.25) is 5.02 Å². The molecule has 42 heavy (non-hydrogen) atoms. The number of carbonyl (C=O) groups is 1. The quantitative estimate of drug-likeness (QED) is 0.167. The summed E-state index contributed by atoms with van der Waals surface area (Å²) >= 11 is 5.82. The Hall–Kier alpha value is -4.04. The van der Waals surface area contributed by atoms with Crippen LogP contribution in [0, 0.1) is 5.82 Å². The van der Waals surface area contributed by atoms with Crippen LogP contribution in [-0.4, -0.2) is 52.8 Å². The van der Waals surface area contributed by atoms with Crippen molar-refractivity contribution in [3.05, 3.63) is 117 Å². The molecule has 1 aliphatic rings. The number of piperazine rings is 1. The first-order valence-electron chi connectivity index (χ1n) is 14.1. The van der Waals surface area contributed by atoms with Gasteiger partial charge in [-0.15, -0.1) is 0 Å². The SMILES string of the molecule is C=C/C(=C\N=C(C)C)Cc1cn(CC)c(CCc2ccc(F)cc2)nc1=O.O=CN1CCN(c2ccc(Cl)cc2)CC1. The van der Waals surface area contributed by atoms with Crippen LogP contribution in [0.25, 0.3) is 0 Å². The zero-order chi connectivity index (χ0) is 30.5. The maximum absolute atomic E-state index is 13.0. The molecule has 0 aliphatic carbocycles. The maximum atomic E-state index is 13.0. The minimum absolute atomic E-state index is 0.223. The van der Waals surface area contributed by atoms with E-state index < -0.39 is 0 Å². The molecule has 0 unspecified atom stereocenters. The first-order chi connectivity index (χ1) is 20.2. The van der Waals surface area contributed by atoms with E-state index in [9.17, 15) is 14.0 Å². The van der Waals surface area contributed by atoms with Crippen LogP contribution in [-0.2, 0) is 30.6 Å². The fraction of sp³-hybridized carbons (Fsp3) is 0.333. The number of anilines is 1. The summed E-state index contributed by atoms with van der Waals surface area (Å²) in [5, 5.41) is 0.755. The molecule has 1 saturated heterocycles. The number of hydrogen-bond acceptors (Lipinski definition) is 5. The molecule has 1 aliphatic heterocycles. The number of carbonyl (C=O) groups excluding carboxylic acids is 1. The van der Waals surface area contributed by atoms with Crippen LogP contribution in [0.3, 0.4) is 0 Å². The van der Waals surface area contributed by atoms with Crippen LogP contribution >= 0.6 is 11.6 Å². The monoisotopic (exact) mass is 591 g/mol. The topological polar surface area (TPSA) is 70.8 Å². The third kappa shape index (κ3) is 10.1. The van der Waals surface area contributed by atoms with Crippen molar-refractivity contribution < 1.29 is 9.18 Å². The molecule has 1 amide bonds. The van der Waals surface area contributed by atoms with Gasteiger partial charge < -0.3 is 14.4 Å². The summed E-state index contributed by atoms with van der Waals surface area (Å²) in [5.41, 5.74) is 4.40. The number of hydrogen-bond donors (Lipinski definition) is 0. The van der Waals surface area contributed by atoms with Crippen LogP contribution < -0.4 is 10.5 Å². The first-order valence-corrected chi connectivity index (χ1v) is 14.5. The number of benzene rings is 2. The predicted molar refractivity (Wildman–Crippen MR) is 170 cm³/mol. The van der Waals surface area contributed by atoms with Crippen molar-refractivity contribution >= 4 is 29.4 Å². The molecule has 0 bridgehead atoms. The lowest BCUT2D eigenvalue weighted by Crippen LogP contribution is -2.45. The molecule has 2 heterocycles. The molecule has 7 nitrogen and oxygen atoms in total. The number of rotatable bonds is 10. The van der Waals surface area contributed by atoms with E-state index in [1.165, 1.54) is 17.8 Å². The standard InChI is InChI=1S/C22H26FN3O.C11H13ClN2O/c1-5-17(14-24-16(3)4)13-19-15-26(6-2)21(25-22(19)27)12-9-18-7-10-20(23)11-8-18;12-10-1-3-11(4-2-10)14-7-5-13(9-15)6-8-14/h5,7-8,10-11,14-15H,1,6,9,12-13H2,2-4H3;1-4,9H,5-8H2/b17-14+;. The van der Waals surface area contributed by atoms with E-state index in [2.05, 4.69) is 21.5 Å². The summed E-state index contributed by atoms with van der Waals surface area (Å²) in [6.07, 6.45) is 8.01. The van der Waals surface area contributed by atoms with Crippen molar-refractivity contribution in [2.45, 2.75) is 46.6 Å². The van der Waals surface area contributed by atoms with Gasteiger partial charge in [-0.25, -0.2) is 4.39 Å². The van der Waals surface area contributed by atoms with Crippen LogP contribution in [0.1, 0.15) is 37.7 Å². The van der Waals surface area contributed by atoms with Gasteiger partial charge in [-0.1, -0.05) is 36.4 Å². The number of halogens is 2. The van der Waals surface area contributed by atoms with Gasteiger partial charge in [0.05, 0.1) is 0 Å². The molecule has 0 radical (unpaired) electrons. The Morgan fingerprint density at radius 2 is 1.71 bits per heavy atom. The minimum atomic E-state index is -0.250. The van der Waals surface area contributed by atoms with E-state index in [-0.39, 0.29) is 11.4 Å². The fourth-order valence-electron chi connectivity index (χ4n) is 4.41. The van der Waals surface area contributed by atoms with E-state index in [1.807, 2.05) is 55.8 Å². The number of aromatic nitrogens is 2. The zero-order valence-corrected chi connectivity index (χ0v) is 25.4. The first kappa shape index (κ1) is 32.5. The number of allylic oxidation sites excluding steroid dienone is 2. The Balaban J connectivity index is 0.000000271. The molecule has 2 aromatic carbocycles. The molecular weight excluding hydrogens is 553 g/mol. The highest BCUT2D eigenvalue weighted by molar-refractivity contribution is 6.30. The van der Waals surface area contributed by atoms with Crippen molar-refractivity contribution in [1.29, 1.82) is 0 Å². The Kier molecular flexibility index (Phi) is 12.7. The molecule has 0 spiro atoms. The van der Waals surface area contributed by atoms with E-state index in [0.717, 1.165) is 66.8 Å². The number of aliphatic imine (C=N–C) groups is 1. The lowest BCUT2D eigenvalue weighted by Gasteiger charge is -2.34. The fourth-order valence-corrected chi connectivity index (χ4v) is 4.54. The molecule has 0 atom stereocenters. The van der Waals surface area contributed by atoms with E-state index >= 15 is 0 Å². The van der Waals surface area contributed by atoms with Crippen molar-refractivity contribution in [3.63, 3.8) is 0 Å². The van der Waals surface area contributed by atoms with E-state index in [0.29, 0.717) is 24.8 Å². The van der Waals surface area contributed by atoms with Crippen molar-refractivity contribution in [1.82, 2.24) is 14.5 Å². The van der Waals surface area contributed by atoms with Gasteiger partial charge in [0.1, 0.15) is 11.6 Å². The Morgan fingerprint density at radius 1 is 1.05 bits per heavy atom. The van der Waals surface area contributed by atoms with Crippen molar-refractivity contribution in [3.8, 4) is 0 Å². The molecule has 0 saturated carbocycles. The highest BCUT2D eigenvalue weighted by atomic mass is 35.5. The van der Waals surface area contributed by atoms with Gasteiger partial charge >= 0.3 is 0 Å². The normalized spacial score (nSPS) is 13.2. The summed E-state index contributed by atoms with van der Waals surface area (Å²) in [7, 11) is 0. The van der Waals surface area contributed by atoms with Crippen LogP contribution in [0.5, 0.6) is 0 Å². The zero-order valence-electron chi connectivity index (χ0n) is 24.6. The van der Waals surface area contributed by atoms with Crippen molar-refractivity contribution in [2.75, 3.05) is 31.1 Å². The second kappa shape index (κ2) is 16.4. The largest absolute Gasteiger partial charge is 0.368 e. The Morgan fingerprint density at radius 3 is 2.29 bits per heavy atom. The highest BCUT2D eigenvalue weighted by Crippen LogP contribution is 2.19. The molecule has 222 valence electrons. The van der Waals surface area contributed by atoms with Gasteiger partial charge in [-0.05, 0) is 74.7 Å². The number of amides is 1.